The first kappa shape index (κ1) is 15.0. The summed E-state index contributed by atoms with van der Waals surface area (Å²) in [7, 11) is 0. The first-order valence-electron chi connectivity index (χ1n) is 7.82. The lowest BCUT2D eigenvalue weighted by Crippen LogP contribution is -2.09. The zero-order valence-electron chi connectivity index (χ0n) is 13.1. The van der Waals surface area contributed by atoms with E-state index in [1.54, 1.807) is 0 Å². The van der Waals surface area contributed by atoms with Crippen LogP contribution in [0.1, 0.15) is 13.3 Å². The third kappa shape index (κ3) is 3.49. The molecule has 2 nitrogen and oxygen atoms in total. The van der Waals surface area contributed by atoms with E-state index in [-0.39, 0.29) is 5.91 Å². The van der Waals surface area contributed by atoms with Crippen LogP contribution in [-0.2, 0) is 4.79 Å². The number of carbonyl (C=O) groups excluding carboxylic acids is 1. The molecule has 0 atom stereocenters. The van der Waals surface area contributed by atoms with Crippen molar-refractivity contribution in [3.05, 3.63) is 78.9 Å². The van der Waals surface area contributed by atoms with Gasteiger partial charge in [-0.05, 0) is 34.4 Å². The molecule has 3 aromatic rings. The molecule has 3 aromatic carbocycles. The molecule has 0 aliphatic heterocycles. The fraction of sp³-hybridized carbons (Fsp3) is 0.0952. The highest BCUT2D eigenvalue weighted by atomic mass is 16.1. The minimum Gasteiger partial charge on any atom is -0.326 e. The number of carbonyl (C=O) groups is 1. The van der Waals surface area contributed by atoms with Crippen LogP contribution in [0.25, 0.3) is 22.3 Å². The van der Waals surface area contributed by atoms with Crippen LogP contribution in [-0.4, -0.2) is 5.91 Å². The van der Waals surface area contributed by atoms with Crippen molar-refractivity contribution in [2.75, 3.05) is 5.32 Å². The third-order valence-corrected chi connectivity index (χ3v) is 3.79. The molecule has 1 N–H and O–H groups in total. The van der Waals surface area contributed by atoms with E-state index in [4.69, 9.17) is 0 Å². The number of hydrogen-bond acceptors (Lipinski definition) is 1. The Morgan fingerprint density at radius 2 is 1.35 bits per heavy atom. The Labute approximate surface area is 136 Å². The molecule has 0 aliphatic rings. The minimum atomic E-state index is 0.0245. The Balaban J connectivity index is 2.11. The van der Waals surface area contributed by atoms with Crippen molar-refractivity contribution in [1.29, 1.82) is 0 Å². The number of nitrogens with one attached hydrogen (secondary N) is 1. The van der Waals surface area contributed by atoms with E-state index >= 15 is 0 Å². The van der Waals surface area contributed by atoms with Crippen molar-refractivity contribution in [2.45, 2.75) is 13.3 Å². The van der Waals surface area contributed by atoms with Crippen LogP contribution in [0.2, 0.25) is 0 Å². The average molecular weight is 301 g/mol. The van der Waals surface area contributed by atoms with E-state index in [9.17, 15) is 4.79 Å². The molecule has 0 bridgehead atoms. The quantitative estimate of drug-likeness (QED) is 0.689. The minimum absolute atomic E-state index is 0.0245. The predicted molar refractivity (Wildman–Crippen MR) is 96.2 cm³/mol. The van der Waals surface area contributed by atoms with Gasteiger partial charge in [0.15, 0.2) is 0 Å². The van der Waals surface area contributed by atoms with Gasteiger partial charge in [-0.2, -0.15) is 0 Å². The van der Waals surface area contributed by atoms with E-state index in [1.165, 1.54) is 5.56 Å². The third-order valence-electron chi connectivity index (χ3n) is 3.79. The largest absolute Gasteiger partial charge is 0.326 e. The molecule has 0 unspecified atom stereocenters. The second-order valence-electron chi connectivity index (χ2n) is 5.39. The van der Waals surface area contributed by atoms with Crippen LogP contribution < -0.4 is 5.32 Å². The van der Waals surface area contributed by atoms with Gasteiger partial charge in [0.2, 0.25) is 5.91 Å². The van der Waals surface area contributed by atoms with Gasteiger partial charge >= 0.3 is 0 Å². The van der Waals surface area contributed by atoms with Crippen LogP contribution in [0.5, 0.6) is 0 Å². The highest BCUT2D eigenvalue weighted by Crippen LogP contribution is 2.34. The molecule has 0 aromatic heterocycles. The summed E-state index contributed by atoms with van der Waals surface area (Å²) in [5.74, 6) is 0.0245. The van der Waals surface area contributed by atoms with Crippen molar-refractivity contribution in [2.24, 2.45) is 0 Å². The number of amides is 1. The molecule has 0 heterocycles. The molecule has 23 heavy (non-hydrogen) atoms. The number of hydrogen-bond donors (Lipinski definition) is 1. The lowest BCUT2D eigenvalue weighted by molar-refractivity contribution is -0.115. The number of benzene rings is 3. The molecular weight excluding hydrogens is 282 g/mol. The van der Waals surface area contributed by atoms with E-state index in [1.807, 2.05) is 55.5 Å². The van der Waals surface area contributed by atoms with E-state index in [0.29, 0.717) is 6.42 Å². The summed E-state index contributed by atoms with van der Waals surface area (Å²) in [6.45, 7) is 1.85. The van der Waals surface area contributed by atoms with Gasteiger partial charge in [-0.15, -0.1) is 0 Å². The fourth-order valence-electron chi connectivity index (χ4n) is 2.60. The summed E-state index contributed by atoms with van der Waals surface area (Å²) < 4.78 is 0. The van der Waals surface area contributed by atoms with Crippen molar-refractivity contribution < 1.29 is 4.79 Å². The van der Waals surface area contributed by atoms with Gasteiger partial charge < -0.3 is 5.32 Å². The first-order chi connectivity index (χ1) is 11.3. The summed E-state index contributed by atoms with van der Waals surface area (Å²) in [6.07, 6.45) is 0.473. The molecule has 2 heteroatoms. The second-order valence-corrected chi connectivity index (χ2v) is 5.39. The van der Waals surface area contributed by atoms with Crippen molar-refractivity contribution >= 4 is 11.6 Å². The molecule has 3 rings (SSSR count). The van der Waals surface area contributed by atoms with Crippen molar-refractivity contribution in [1.82, 2.24) is 0 Å². The first-order valence-corrected chi connectivity index (χ1v) is 7.82. The summed E-state index contributed by atoms with van der Waals surface area (Å²) >= 11 is 0. The van der Waals surface area contributed by atoms with Gasteiger partial charge in [0.05, 0.1) is 0 Å². The van der Waals surface area contributed by atoms with E-state index in [0.717, 1.165) is 22.4 Å². The maximum absolute atomic E-state index is 11.7. The lowest BCUT2D eigenvalue weighted by Gasteiger charge is -2.13. The highest BCUT2D eigenvalue weighted by Gasteiger charge is 2.09. The van der Waals surface area contributed by atoms with Crippen LogP contribution in [0.4, 0.5) is 5.69 Å². The molecule has 1 amide bonds. The standard InChI is InChI=1S/C21H19NO/c1-2-21(23)22-18-13-14-19(16-9-5-3-6-10-16)20(15-18)17-11-7-4-8-12-17/h3-15H,2H2,1H3,(H,22,23). The van der Waals surface area contributed by atoms with Gasteiger partial charge in [0, 0.05) is 12.1 Å². The monoisotopic (exact) mass is 301 g/mol. The Bertz CT molecular complexity index is 795. The number of rotatable bonds is 4. The Morgan fingerprint density at radius 3 is 1.91 bits per heavy atom. The zero-order chi connectivity index (χ0) is 16.1. The molecule has 114 valence electrons. The maximum atomic E-state index is 11.7. The highest BCUT2D eigenvalue weighted by molar-refractivity contribution is 5.93. The molecule has 0 saturated heterocycles. The average Bonchev–Trinajstić information content (AvgIpc) is 2.63. The summed E-state index contributed by atoms with van der Waals surface area (Å²) in [6, 6.07) is 26.6. The van der Waals surface area contributed by atoms with Crippen molar-refractivity contribution in [3.8, 4) is 22.3 Å². The van der Waals surface area contributed by atoms with Gasteiger partial charge in [-0.3, -0.25) is 4.79 Å². The molecular formula is C21H19NO. The topological polar surface area (TPSA) is 29.1 Å². The second kappa shape index (κ2) is 6.93. The van der Waals surface area contributed by atoms with Gasteiger partial charge in [-0.25, -0.2) is 0 Å². The summed E-state index contributed by atoms with van der Waals surface area (Å²) in [5.41, 5.74) is 5.41. The molecule has 0 aliphatic carbocycles. The molecule has 0 spiro atoms. The Hall–Kier alpha value is -2.87. The molecule has 0 fully saturated rings. The fourth-order valence-corrected chi connectivity index (χ4v) is 2.60. The van der Waals surface area contributed by atoms with Crippen molar-refractivity contribution in [3.63, 3.8) is 0 Å². The predicted octanol–water partition coefficient (Wildman–Crippen LogP) is 5.37. The van der Waals surface area contributed by atoms with E-state index < -0.39 is 0 Å². The lowest BCUT2D eigenvalue weighted by atomic mass is 9.94. The Morgan fingerprint density at radius 1 is 0.783 bits per heavy atom. The normalized spacial score (nSPS) is 10.3. The smallest absolute Gasteiger partial charge is 0.224 e. The van der Waals surface area contributed by atoms with Crippen LogP contribution in [0, 0.1) is 0 Å². The van der Waals surface area contributed by atoms with Gasteiger partial charge in [0.25, 0.3) is 0 Å². The Kier molecular flexibility index (Phi) is 4.53. The molecule has 0 saturated carbocycles. The maximum Gasteiger partial charge on any atom is 0.224 e. The van der Waals surface area contributed by atoms with Crippen LogP contribution in [0.3, 0.4) is 0 Å². The van der Waals surface area contributed by atoms with Crippen LogP contribution >= 0.6 is 0 Å². The van der Waals surface area contributed by atoms with Gasteiger partial charge in [-0.1, -0.05) is 73.7 Å². The zero-order valence-corrected chi connectivity index (χ0v) is 13.1. The van der Waals surface area contributed by atoms with E-state index in [2.05, 4.69) is 35.6 Å². The molecule has 0 radical (unpaired) electrons. The van der Waals surface area contributed by atoms with Crippen LogP contribution in [0.15, 0.2) is 78.9 Å². The summed E-state index contributed by atoms with van der Waals surface area (Å²) in [4.78, 5) is 11.7. The number of anilines is 1. The summed E-state index contributed by atoms with van der Waals surface area (Å²) in [5, 5.41) is 2.94. The SMILES string of the molecule is CCC(=O)Nc1ccc(-c2ccccc2)c(-c2ccccc2)c1. The van der Waals surface area contributed by atoms with Gasteiger partial charge in [0.1, 0.15) is 0 Å².